The zero-order chi connectivity index (χ0) is 39.8. The maximum atomic E-state index is 14.9. The van der Waals surface area contributed by atoms with Gasteiger partial charge in [0.25, 0.3) is 5.91 Å². The standard InChI is InChI=1S/C40H38N2O14/c1-48-30-11-20(12-31(49-2)37(30)52-5)22(9-19-7-8-27(43)26(10-19)42(46)47)39(44)41-36-24-16-29-28(55-18-56-29)15-23(24)34(35-25(36)17-54-40(35)45)21-13-32(50-3)38(53-6)33(14-21)51-4/h7-16,25,34-36,43H,17-18H2,1-6H3,(H,41,44)/b22-9+/t25-,34+,35-,36+/m0/s1. The molecule has 1 aliphatic carbocycles. The van der Waals surface area contributed by atoms with Crippen molar-refractivity contribution in [1.82, 2.24) is 5.32 Å². The zero-order valence-corrected chi connectivity index (χ0v) is 31.2. The average Bonchev–Trinajstić information content (AvgIpc) is 3.84. The Morgan fingerprint density at radius 3 is 1.93 bits per heavy atom. The van der Waals surface area contributed by atoms with Crippen LogP contribution in [-0.4, -0.2) is 78.0 Å². The lowest BCUT2D eigenvalue weighted by Crippen LogP contribution is -2.43. The van der Waals surface area contributed by atoms with Crippen LogP contribution in [0.4, 0.5) is 5.69 Å². The number of phenolic OH excluding ortho intramolecular Hbond substituents is 1. The van der Waals surface area contributed by atoms with Gasteiger partial charge in [-0.1, -0.05) is 6.07 Å². The third-order valence-electron chi connectivity index (χ3n) is 10.2. The van der Waals surface area contributed by atoms with Crippen LogP contribution in [0.2, 0.25) is 0 Å². The molecule has 4 aromatic carbocycles. The van der Waals surface area contributed by atoms with Crippen molar-refractivity contribution in [3.8, 4) is 51.7 Å². The van der Waals surface area contributed by atoms with Gasteiger partial charge in [-0.05, 0) is 76.4 Å². The minimum atomic E-state index is -0.818. The SMILES string of the molecule is COc1cc(/C(=C\c2ccc(O)c([N+](=O)[O-])c2)C(=O)N[C@@H]2c3cc4c(cc3[C@@H](c3cc(OC)c(OC)c(OC)c3)[C@H]3C(=O)OC[C@@H]32)OCO4)cc(OC)c1OC. The Balaban J connectivity index is 1.40. The second-order valence-electron chi connectivity index (χ2n) is 13.0. The largest absolute Gasteiger partial charge is 0.502 e. The molecule has 2 heterocycles. The van der Waals surface area contributed by atoms with E-state index in [0.717, 1.165) is 6.07 Å². The van der Waals surface area contributed by atoms with Gasteiger partial charge in [-0.25, -0.2) is 0 Å². The molecule has 0 unspecified atom stereocenters. The maximum Gasteiger partial charge on any atom is 0.311 e. The summed E-state index contributed by atoms with van der Waals surface area (Å²) in [5.41, 5.74) is 2.01. The molecule has 7 rings (SSSR count). The lowest BCUT2D eigenvalue weighted by atomic mass is 9.65. The highest BCUT2D eigenvalue weighted by Gasteiger charge is 2.53. The summed E-state index contributed by atoms with van der Waals surface area (Å²) in [4.78, 5) is 39.7. The number of ether oxygens (including phenoxy) is 9. The average molecular weight is 771 g/mol. The van der Waals surface area contributed by atoms with E-state index in [1.165, 1.54) is 60.9 Å². The number of carbonyl (C=O) groups excluding carboxylic acids is 2. The van der Waals surface area contributed by atoms with E-state index >= 15 is 0 Å². The van der Waals surface area contributed by atoms with E-state index < -0.39 is 52.0 Å². The fourth-order valence-corrected chi connectivity index (χ4v) is 7.71. The van der Waals surface area contributed by atoms with E-state index in [0.29, 0.717) is 51.0 Å². The third kappa shape index (κ3) is 6.41. The summed E-state index contributed by atoms with van der Waals surface area (Å²) in [6, 6.07) is 13.2. The van der Waals surface area contributed by atoms with E-state index in [9.17, 15) is 24.8 Å². The minimum absolute atomic E-state index is 0.0172. The second-order valence-corrected chi connectivity index (χ2v) is 13.0. The predicted molar refractivity (Wildman–Crippen MR) is 198 cm³/mol. The topological polar surface area (TPSA) is 193 Å². The highest BCUT2D eigenvalue weighted by atomic mass is 16.7. The third-order valence-corrected chi connectivity index (χ3v) is 10.2. The molecule has 2 N–H and O–H groups in total. The van der Waals surface area contributed by atoms with Crippen molar-refractivity contribution in [2.24, 2.45) is 11.8 Å². The summed E-state index contributed by atoms with van der Waals surface area (Å²) in [6.07, 6.45) is 1.44. The number of hydrogen-bond acceptors (Lipinski definition) is 14. The number of aromatic hydroxyl groups is 1. The number of nitro benzene ring substituents is 1. The number of phenols is 1. The molecule has 0 saturated carbocycles. The van der Waals surface area contributed by atoms with Crippen LogP contribution in [0.1, 0.15) is 39.8 Å². The Morgan fingerprint density at radius 1 is 0.804 bits per heavy atom. The quantitative estimate of drug-likeness (QED) is 0.0611. The number of amides is 1. The van der Waals surface area contributed by atoms with Crippen molar-refractivity contribution in [3.05, 3.63) is 92.5 Å². The van der Waals surface area contributed by atoms with Gasteiger partial charge in [-0.15, -0.1) is 0 Å². The molecule has 4 aromatic rings. The van der Waals surface area contributed by atoms with Gasteiger partial charge in [0, 0.05) is 23.5 Å². The Kier molecular flexibility index (Phi) is 10.1. The summed E-state index contributed by atoms with van der Waals surface area (Å²) in [6.45, 7) is -0.0393. The van der Waals surface area contributed by atoms with Crippen molar-refractivity contribution in [2.45, 2.75) is 12.0 Å². The molecule has 16 nitrogen and oxygen atoms in total. The summed E-state index contributed by atoms with van der Waals surface area (Å²) >= 11 is 0. The fraction of sp³-hybridized carbons (Fsp3) is 0.300. The van der Waals surface area contributed by atoms with Crippen LogP contribution in [0.5, 0.6) is 51.7 Å². The van der Waals surface area contributed by atoms with Gasteiger partial charge < -0.3 is 53.1 Å². The first-order valence-electron chi connectivity index (χ1n) is 17.3. The summed E-state index contributed by atoms with van der Waals surface area (Å²) in [7, 11) is 8.80. The number of fused-ring (bicyclic) bond motifs is 3. The number of nitrogens with one attached hydrogen (secondary N) is 1. The number of carbonyl (C=O) groups is 2. The van der Waals surface area contributed by atoms with Crippen LogP contribution in [0.15, 0.2) is 54.6 Å². The van der Waals surface area contributed by atoms with Crippen LogP contribution < -0.4 is 43.2 Å². The van der Waals surface area contributed by atoms with Gasteiger partial charge in [-0.2, -0.15) is 0 Å². The molecule has 0 aromatic heterocycles. The Morgan fingerprint density at radius 2 is 1.38 bits per heavy atom. The number of hydrogen-bond donors (Lipinski definition) is 2. The van der Waals surface area contributed by atoms with Crippen molar-refractivity contribution >= 4 is 29.2 Å². The van der Waals surface area contributed by atoms with Gasteiger partial charge in [0.05, 0.1) is 66.1 Å². The lowest BCUT2D eigenvalue weighted by molar-refractivity contribution is -0.385. The van der Waals surface area contributed by atoms with E-state index in [1.807, 2.05) is 0 Å². The normalized spacial score (nSPS) is 19.2. The monoisotopic (exact) mass is 770 g/mol. The summed E-state index contributed by atoms with van der Waals surface area (Å²) in [5.74, 6) is -0.772. The fourth-order valence-electron chi connectivity index (χ4n) is 7.71. The first kappa shape index (κ1) is 37.5. The van der Waals surface area contributed by atoms with Gasteiger partial charge in [-0.3, -0.25) is 19.7 Å². The van der Waals surface area contributed by atoms with E-state index in [4.69, 9.17) is 42.6 Å². The van der Waals surface area contributed by atoms with Gasteiger partial charge >= 0.3 is 11.7 Å². The van der Waals surface area contributed by atoms with Gasteiger partial charge in [0.2, 0.25) is 18.3 Å². The maximum absolute atomic E-state index is 14.9. The predicted octanol–water partition coefficient (Wildman–Crippen LogP) is 5.41. The van der Waals surface area contributed by atoms with Gasteiger partial charge in [0.15, 0.2) is 40.2 Å². The van der Waals surface area contributed by atoms with Crippen LogP contribution in [0, 0.1) is 22.0 Å². The Bertz CT molecular complexity index is 2220. The number of benzene rings is 4. The van der Waals surface area contributed by atoms with Crippen LogP contribution in [-0.2, 0) is 14.3 Å². The molecule has 0 bridgehead atoms. The van der Waals surface area contributed by atoms with Crippen molar-refractivity contribution < 1.29 is 62.3 Å². The van der Waals surface area contributed by atoms with Crippen LogP contribution in [0.25, 0.3) is 11.6 Å². The van der Waals surface area contributed by atoms with E-state index in [2.05, 4.69) is 5.32 Å². The number of esters is 1. The number of nitro groups is 1. The molecule has 0 spiro atoms. The van der Waals surface area contributed by atoms with Gasteiger partial charge in [0.1, 0.15) is 0 Å². The molecule has 16 heteroatoms. The first-order chi connectivity index (χ1) is 27.0. The van der Waals surface area contributed by atoms with E-state index in [-0.39, 0.29) is 41.8 Å². The number of cyclic esters (lactones) is 1. The molecule has 4 atom stereocenters. The van der Waals surface area contributed by atoms with Crippen molar-refractivity contribution in [2.75, 3.05) is 56.1 Å². The van der Waals surface area contributed by atoms with Crippen molar-refractivity contribution in [3.63, 3.8) is 0 Å². The molecule has 56 heavy (non-hydrogen) atoms. The molecular formula is C40H38N2O14. The number of nitrogens with zero attached hydrogens (tertiary/aromatic N) is 1. The molecule has 292 valence electrons. The lowest BCUT2D eigenvalue weighted by Gasteiger charge is -2.39. The Hall–Kier alpha value is -6.84. The molecule has 2 aliphatic heterocycles. The molecule has 1 amide bonds. The molecular weight excluding hydrogens is 732 g/mol. The van der Waals surface area contributed by atoms with Crippen LogP contribution >= 0.6 is 0 Å². The number of methoxy groups -OCH3 is 6. The highest BCUT2D eigenvalue weighted by Crippen LogP contribution is 2.56. The molecule has 3 aliphatic rings. The number of rotatable bonds is 12. The highest BCUT2D eigenvalue weighted by molar-refractivity contribution is 6.24. The first-order valence-corrected chi connectivity index (χ1v) is 17.3. The molecule has 0 radical (unpaired) electrons. The van der Waals surface area contributed by atoms with Crippen LogP contribution in [0.3, 0.4) is 0 Å². The van der Waals surface area contributed by atoms with Crippen molar-refractivity contribution in [1.29, 1.82) is 0 Å². The summed E-state index contributed by atoms with van der Waals surface area (Å²) < 4.78 is 50.9. The summed E-state index contributed by atoms with van der Waals surface area (Å²) in [5, 5.41) is 25.1. The minimum Gasteiger partial charge on any atom is -0.502 e. The zero-order valence-electron chi connectivity index (χ0n) is 31.2. The smallest absolute Gasteiger partial charge is 0.311 e. The molecule has 1 fully saturated rings. The van der Waals surface area contributed by atoms with E-state index in [1.54, 1.807) is 36.4 Å². The Labute approximate surface area is 320 Å². The molecule has 1 saturated heterocycles. The second kappa shape index (κ2) is 15.1.